The summed E-state index contributed by atoms with van der Waals surface area (Å²) in [7, 11) is 0. The van der Waals surface area contributed by atoms with Gasteiger partial charge in [0, 0.05) is 19.6 Å². The van der Waals surface area contributed by atoms with Gasteiger partial charge in [0.2, 0.25) is 0 Å². The van der Waals surface area contributed by atoms with Gasteiger partial charge in [-0.15, -0.1) is 0 Å². The molecule has 0 spiro atoms. The van der Waals surface area contributed by atoms with Crippen LogP contribution < -0.4 is 10.2 Å². The molecule has 0 unspecified atom stereocenters. The first-order valence-electron chi connectivity index (χ1n) is 6.16. The monoisotopic (exact) mass is 220 g/mol. The van der Waals surface area contributed by atoms with E-state index in [-0.39, 0.29) is 0 Å². The lowest BCUT2D eigenvalue weighted by Crippen LogP contribution is -2.30. The zero-order valence-electron chi connectivity index (χ0n) is 9.95. The minimum atomic E-state index is 0.809. The molecule has 2 heterocycles. The van der Waals surface area contributed by atoms with E-state index >= 15 is 0 Å². The highest BCUT2D eigenvalue weighted by Crippen LogP contribution is 2.16. The van der Waals surface area contributed by atoms with Crippen LogP contribution in [0.15, 0.2) is 12.4 Å². The molecule has 88 valence electrons. The summed E-state index contributed by atoms with van der Waals surface area (Å²) in [5, 5.41) is 3.25. The van der Waals surface area contributed by atoms with Crippen LogP contribution in [0.2, 0.25) is 0 Å². The maximum absolute atomic E-state index is 4.48. The van der Waals surface area contributed by atoms with Crippen molar-refractivity contribution in [2.45, 2.75) is 32.7 Å². The molecule has 0 aromatic carbocycles. The van der Waals surface area contributed by atoms with Gasteiger partial charge in [0.05, 0.1) is 18.1 Å². The zero-order valence-corrected chi connectivity index (χ0v) is 9.95. The third-order valence-electron chi connectivity index (χ3n) is 2.93. The summed E-state index contributed by atoms with van der Waals surface area (Å²) < 4.78 is 0. The van der Waals surface area contributed by atoms with Crippen molar-refractivity contribution in [3.8, 4) is 0 Å². The quantitative estimate of drug-likeness (QED) is 0.836. The van der Waals surface area contributed by atoms with E-state index in [1.165, 1.54) is 19.3 Å². The molecule has 0 bridgehead atoms. The predicted octanol–water partition coefficient (Wildman–Crippen LogP) is 1.58. The Kier molecular flexibility index (Phi) is 4.10. The van der Waals surface area contributed by atoms with Crippen molar-refractivity contribution in [3.63, 3.8) is 0 Å². The highest BCUT2D eigenvalue weighted by Gasteiger charge is 2.11. The van der Waals surface area contributed by atoms with Crippen molar-refractivity contribution in [1.82, 2.24) is 15.3 Å². The lowest BCUT2D eigenvalue weighted by molar-refractivity contribution is 0.572. The van der Waals surface area contributed by atoms with Crippen LogP contribution in [0.4, 0.5) is 5.82 Å². The normalized spacial score (nSPS) is 16.4. The maximum Gasteiger partial charge on any atom is 0.147 e. The number of rotatable bonds is 4. The minimum Gasteiger partial charge on any atom is -0.355 e. The molecule has 1 aromatic rings. The second kappa shape index (κ2) is 5.80. The minimum absolute atomic E-state index is 0.809. The number of nitrogens with one attached hydrogen (secondary N) is 1. The molecule has 1 N–H and O–H groups in total. The van der Waals surface area contributed by atoms with Crippen molar-refractivity contribution in [2.24, 2.45) is 0 Å². The van der Waals surface area contributed by atoms with Crippen LogP contribution in [-0.2, 0) is 6.54 Å². The Morgan fingerprint density at radius 2 is 2.00 bits per heavy atom. The number of nitrogens with zero attached hydrogens (tertiary/aromatic N) is 3. The standard InChI is InChI=1S/C12H20N4/c1-2-13-8-11-9-15-12(10-14-11)16-6-4-3-5-7-16/h9-10,13H,2-8H2,1H3. The molecule has 1 fully saturated rings. The summed E-state index contributed by atoms with van der Waals surface area (Å²) >= 11 is 0. The molecule has 0 atom stereocenters. The third-order valence-corrected chi connectivity index (χ3v) is 2.93. The van der Waals surface area contributed by atoms with Gasteiger partial charge in [0.15, 0.2) is 0 Å². The Balaban J connectivity index is 1.95. The molecule has 1 aliphatic rings. The molecule has 0 saturated carbocycles. The second-order valence-corrected chi connectivity index (χ2v) is 4.19. The summed E-state index contributed by atoms with van der Waals surface area (Å²) in [6.45, 7) is 6.12. The Hall–Kier alpha value is -1.16. The molecular formula is C12H20N4. The van der Waals surface area contributed by atoms with Gasteiger partial charge >= 0.3 is 0 Å². The number of aromatic nitrogens is 2. The van der Waals surface area contributed by atoms with Crippen molar-refractivity contribution in [2.75, 3.05) is 24.5 Å². The molecule has 0 radical (unpaired) electrons. The number of hydrogen-bond acceptors (Lipinski definition) is 4. The van der Waals surface area contributed by atoms with Gasteiger partial charge in [-0.1, -0.05) is 6.92 Å². The summed E-state index contributed by atoms with van der Waals surface area (Å²) in [5.74, 6) is 1.03. The summed E-state index contributed by atoms with van der Waals surface area (Å²) in [5.41, 5.74) is 1.02. The third kappa shape index (κ3) is 2.92. The van der Waals surface area contributed by atoms with E-state index in [1.54, 1.807) is 0 Å². The van der Waals surface area contributed by atoms with E-state index in [4.69, 9.17) is 0 Å². The van der Waals surface area contributed by atoms with E-state index in [9.17, 15) is 0 Å². The molecule has 16 heavy (non-hydrogen) atoms. The molecular weight excluding hydrogens is 200 g/mol. The van der Waals surface area contributed by atoms with Gasteiger partial charge in [-0.05, 0) is 25.8 Å². The Morgan fingerprint density at radius 3 is 2.62 bits per heavy atom. The van der Waals surface area contributed by atoms with E-state index < -0.39 is 0 Å². The topological polar surface area (TPSA) is 41.1 Å². The van der Waals surface area contributed by atoms with Gasteiger partial charge in [-0.3, -0.25) is 4.98 Å². The summed E-state index contributed by atoms with van der Waals surface area (Å²) in [6, 6.07) is 0. The maximum atomic E-state index is 4.48. The first kappa shape index (κ1) is 11.3. The van der Waals surface area contributed by atoms with Crippen molar-refractivity contribution in [1.29, 1.82) is 0 Å². The number of hydrogen-bond donors (Lipinski definition) is 1. The molecule has 1 saturated heterocycles. The SMILES string of the molecule is CCNCc1cnc(N2CCCCC2)cn1. The van der Waals surface area contributed by atoms with Gasteiger partial charge in [-0.2, -0.15) is 0 Å². The lowest BCUT2D eigenvalue weighted by atomic mass is 10.1. The molecule has 4 nitrogen and oxygen atoms in total. The Bertz CT molecular complexity index is 303. The summed E-state index contributed by atoms with van der Waals surface area (Å²) in [6.07, 6.45) is 7.69. The van der Waals surface area contributed by atoms with E-state index in [0.29, 0.717) is 0 Å². The van der Waals surface area contributed by atoms with Crippen LogP contribution >= 0.6 is 0 Å². The van der Waals surface area contributed by atoms with Gasteiger partial charge in [0.1, 0.15) is 5.82 Å². The number of piperidine rings is 1. The fourth-order valence-electron chi connectivity index (χ4n) is 1.98. The highest BCUT2D eigenvalue weighted by atomic mass is 15.2. The van der Waals surface area contributed by atoms with E-state index in [2.05, 4.69) is 27.1 Å². The fourth-order valence-corrected chi connectivity index (χ4v) is 1.98. The summed E-state index contributed by atoms with van der Waals surface area (Å²) in [4.78, 5) is 11.2. The molecule has 1 aliphatic heterocycles. The van der Waals surface area contributed by atoms with Crippen LogP contribution in [0.25, 0.3) is 0 Å². The molecule has 0 amide bonds. The first-order valence-corrected chi connectivity index (χ1v) is 6.16. The molecule has 1 aromatic heterocycles. The highest BCUT2D eigenvalue weighted by molar-refractivity contribution is 5.36. The zero-order chi connectivity index (χ0) is 11.2. The molecule has 4 heteroatoms. The fraction of sp³-hybridized carbons (Fsp3) is 0.667. The smallest absolute Gasteiger partial charge is 0.147 e. The average Bonchev–Trinajstić information content (AvgIpc) is 2.38. The van der Waals surface area contributed by atoms with Gasteiger partial charge in [0.25, 0.3) is 0 Å². The van der Waals surface area contributed by atoms with Crippen LogP contribution in [0.5, 0.6) is 0 Å². The van der Waals surface area contributed by atoms with Crippen molar-refractivity contribution in [3.05, 3.63) is 18.1 Å². The van der Waals surface area contributed by atoms with E-state index in [0.717, 1.165) is 37.7 Å². The van der Waals surface area contributed by atoms with Crippen LogP contribution in [0, 0.1) is 0 Å². The Labute approximate surface area is 97.1 Å². The van der Waals surface area contributed by atoms with Crippen molar-refractivity contribution >= 4 is 5.82 Å². The van der Waals surface area contributed by atoms with Crippen LogP contribution in [0.1, 0.15) is 31.9 Å². The van der Waals surface area contributed by atoms with E-state index in [1.807, 2.05) is 12.4 Å². The van der Waals surface area contributed by atoms with Crippen LogP contribution in [-0.4, -0.2) is 29.6 Å². The number of anilines is 1. The lowest BCUT2D eigenvalue weighted by Gasteiger charge is -2.27. The van der Waals surface area contributed by atoms with Gasteiger partial charge in [-0.25, -0.2) is 4.98 Å². The van der Waals surface area contributed by atoms with Crippen LogP contribution in [0.3, 0.4) is 0 Å². The van der Waals surface area contributed by atoms with Crippen molar-refractivity contribution < 1.29 is 0 Å². The first-order chi connectivity index (χ1) is 7.90. The molecule has 2 rings (SSSR count). The molecule has 0 aliphatic carbocycles. The predicted molar refractivity (Wildman–Crippen MR) is 65.5 cm³/mol. The second-order valence-electron chi connectivity index (χ2n) is 4.19. The largest absolute Gasteiger partial charge is 0.355 e. The Morgan fingerprint density at radius 1 is 1.19 bits per heavy atom. The van der Waals surface area contributed by atoms with Gasteiger partial charge < -0.3 is 10.2 Å². The average molecular weight is 220 g/mol.